The van der Waals surface area contributed by atoms with Crippen LogP contribution in [0.2, 0.25) is 0 Å². The summed E-state index contributed by atoms with van der Waals surface area (Å²) < 4.78 is 0. The highest BCUT2D eigenvalue weighted by molar-refractivity contribution is 7.99. The monoisotopic (exact) mass is 267 g/mol. The molecule has 0 bridgehead atoms. The van der Waals surface area contributed by atoms with Crippen LogP contribution in [0.5, 0.6) is 0 Å². The summed E-state index contributed by atoms with van der Waals surface area (Å²) in [6.07, 6.45) is 0.520. The van der Waals surface area contributed by atoms with E-state index >= 15 is 0 Å². The number of anilines is 2. The van der Waals surface area contributed by atoms with Crippen molar-refractivity contribution in [2.75, 3.05) is 43.2 Å². The van der Waals surface area contributed by atoms with Crippen molar-refractivity contribution in [2.24, 2.45) is 0 Å². The van der Waals surface area contributed by atoms with Crippen molar-refractivity contribution in [1.29, 1.82) is 0 Å². The van der Waals surface area contributed by atoms with Gasteiger partial charge in [0, 0.05) is 24.5 Å². The summed E-state index contributed by atoms with van der Waals surface area (Å²) in [4.78, 5) is 13.8. The lowest BCUT2D eigenvalue weighted by Gasteiger charge is -2.09. The van der Waals surface area contributed by atoms with Crippen LogP contribution in [-0.4, -0.2) is 43.0 Å². The summed E-state index contributed by atoms with van der Waals surface area (Å²) in [5, 5.41) is 2.82. The van der Waals surface area contributed by atoms with Gasteiger partial charge in [0.15, 0.2) is 0 Å². The number of carbonyl (C=O) groups excluding carboxylic acids is 1. The third-order valence-electron chi connectivity index (χ3n) is 2.39. The maximum Gasteiger partial charge on any atom is 0.225 e. The molecule has 3 N–H and O–H groups in total. The number of benzene rings is 1. The molecule has 0 aliphatic heterocycles. The number of hydrogen-bond donors (Lipinski definition) is 2. The topological polar surface area (TPSA) is 58.4 Å². The van der Waals surface area contributed by atoms with E-state index < -0.39 is 0 Å². The average molecular weight is 267 g/mol. The van der Waals surface area contributed by atoms with Crippen molar-refractivity contribution >= 4 is 29.0 Å². The maximum absolute atomic E-state index is 11.7. The summed E-state index contributed by atoms with van der Waals surface area (Å²) in [6, 6.07) is 7.30. The molecular formula is C13H21N3OS. The summed E-state index contributed by atoms with van der Waals surface area (Å²) >= 11 is 1.79. The van der Waals surface area contributed by atoms with Crippen LogP contribution < -0.4 is 11.1 Å². The van der Waals surface area contributed by atoms with Gasteiger partial charge in [0.25, 0.3) is 0 Å². The van der Waals surface area contributed by atoms with Gasteiger partial charge < -0.3 is 16.0 Å². The van der Waals surface area contributed by atoms with Gasteiger partial charge in [-0.2, -0.15) is 11.8 Å². The minimum Gasteiger partial charge on any atom is -0.397 e. The molecule has 0 unspecified atom stereocenters. The lowest BCUT2D eigenvalue weighted by molar-refractivity contribution is -0.115. The van der Waals surface area contributed by atoms with E-state index in [2.05, 4.69) is 10.2 Å². The average Bonchev–Trinajstić information content (AvgIpc) is 2.31. The number of carbonyl (C=O) groups is 1. The van der Waals surface area contributed by atoms with E-state index in [9.17, 15) is 4.79 Å². The van der Waals surface area contributed by atoms with E-state index in [1.807, 2.05) is 32.3 Å². The van der Waals surface area contributed by atoms with Gasteiger partial charge in [-0.25, -0.2) is 0 Å². The third-order valence-corrected chi connectivity index (χ3v) is 3.36. The second-order valence-corrected chi connectivity index (χ2v) is 5.53. The molecule has 5 heteroatoms. The Kier molecular flexibility index (Phi) is 6.60. The molecular weight excluding hydrogens is 246 g/mol. The molecule has 1 aromatic carbocycles. The molecule has 1 rings (SSSR count). The fourth-order valence-corrected chi connectivity index (χ4v) is 2.37. The zero-order chi connectivity index (χ0) is 13.4. The van der Waals surface area contributed by atoms with Crippen LogP contribution in [0.3, 0.4) is 0 Å². The van der Waals surface area contributed by atoms with Gasteiger partial charge in [-0.3, -0.25) is 4.79 Å². The molecule has 0 aliphatic carbocycles. The Morgan fingerprint density at radius 1 is 1.33 bits per heavy atom. The molecule has 1 aromatic rings. The Bertz CT molecular complexity index is 382. The Morgan fingerprint density at radius 2 is 2.06 bits per heavy atom. The highest BCUT2D eigenvalue weighted by Crippen LogP contribution is 2.17. The van der Waals surface area contributed by atoms with Gasteiger partial charge in [-0.05, 0) is 26.2 Å². The van der Waals surface area contributed by atoms with Gasteiger partial charge in [0.05, 0.1) is 11.4 Å². The fraction of sp³-hybridized carbons (Fsp3) is 0.462. The molecule has 1 amide bonds. The number of amides is 1. The van der Waals surface area contributed by atoms with Gasteiger partial charge in [0.2, 0.25) is 5.91 Å². The van der Waals surface area contributed by atoms with Crippen LogP contribution in [0.4, 0.5) is 11.4 Å². The Morgan fingerprint density at radius 3 is 2.72 bits per heavy atom. The Labute approximate surface area is 113 Å². The molecule has 4 nitrogen and oxygen atoms in total. The van der Waals surface area contributed by atoms with E-state index in [4.69, 9.17) is 5.73 Å². The fourth-order valence-electron chi connectivity index (χ4n) is 1.34. The SMILES string of the molecule is CN(C)CCSCCC(=O)Nc1ccccc1N. The molecule has 0 spiro atoms. The molecule has 0 fully saturated rings. The first-order valence-corrected chi connectivity index (χ1v) is 7.12. The molecule has 18 heavy (non-hydrogen) atoms. The summed E-state index contributed by atoms with van der Waals surface area (Å²) in [7, 11) is 4.09. The summed E-state index contributed by atoms with van der Waals surface area (Å²) in [5.74, 6) is 1.91. The lowest BCUT2D eigenvalue weighted by atomic mass is 10.2. The van der Waals surface area contributed by atoms with Crippen LogP contribution in [0.25, 0.3) is 0 Å². The molecule has 0 saturated carbocycles. The van der Waals surface area contributed by atoms with Crippen molar-refractivity contribution in [3.8, 4) is 0 Å². The van der Waals surface area contributed by atoms with E-state index in [0.29, 0.717) is 17.8 Å². The Hall–Kier alpha value is -1.20. The number of nitrogen functional groups attached to an aromatic ring is 1. The zero-order valence-corrected chi connectivity index (χ0v) is 11.8. The summed E-state index contributed by atoms with van der Waals surface area (Å²) in [6.45, 7) is 1.04. The second kappa shape index (κ2) is 8.00. The number of para-hydroxylation sites is 2. The lowest BCUT2D eigenvalue weighted by Crippen LogP contribution is -2.16. The van der Waals surface area contributed by atoms with E-state index in [0.717, 1.165) is 18.1 Å². The number of nitrogens with one attached hydrogen (secondary N) is 1. The molecule has 0 saturated heterocycles. The number of rotatable bonds is 7. The second-order valence-electron chi connectivity index (χ2n) is 4.30. The number of thioether (sulfide) groups is 1. The van der Waals surface area contributed by atoms with Crippen LogP contribution in [0.15, 0.2) is 24.3 Å². The first-order chi connectivity index (χ1) is 8.59. The number of nitrogens with zero attached hydrogens (tertiary/aromatic N) is 1. The predicted molar refractivity (Wildman–Crippen MR) is 80.0 cm³/mol. The van der Waals surface area contributed by atoms with E-state index in [-0.39, 0.29) is 5.91 Å². The van der Waals surface area contributed by atoms with Crippen LogP contribution in [0.1, 0.15) is 6.42 Å². The van der Waals surface area contributed by atoms with Crippen molar-refractivity contribution in [3.05, 3.63) is 24.3 Å². The summed E-state index contributed by atoms with van der Waals surface area (Å²) in [5.41, 5.74) is 7.05. The van der Waals surface area contributed by atoms with Crippen molar-refractivity contribution in [2.45, 2.75) is 6.42 Å². The standard InChI is InChI=1S/C13H21N3OS/c1-16(2)8-10-18-9-7-13(17)15-12-6-4-3-5-11(12)14/h3-6H,7-10,14H2,1-2H3,(H,15,17). The molecule has 0 radical (unpaired) electrons. The van der Waals surface area contributed by atoms with Crippen molar-refractivity contribution in [3.63, 3.8) is 0 Å². The first-order valence-electron chi connectivity index (χ1n) is 5.96. The maximum atomic E-state index is 11.7. The Balaban J connectivity index is 2.20. The third kappa shape index (κ3) is 5.93. The number of nitrogens with two attached hydrogens (primary N) is 1. The molecule has 100 valence electrons. The predicted octanol–water partition coefficient (Wildman–Crippen LogP) is 1.89. The van der Waals surface area contributed by atoms with E-state index in [1.165, 1.54) is 0 Å². The minimum atomic E-state index is 0.0188. The first kappa shape index (κ1) is 14.9. The normalized spacial score (nSPS) is 10.6. The van der Waals surface area contributed by atoms with Crippen molar-refractivity contribution in [1.82, 2.24) is 4.90 Å². The smallest absolute Gasteiger partial charge is 0.225 e. The quantitative estimate of drug-likeness (QED) is 0.585. The zero-order valence-electron chi connectivity index (χ0n) is 11.0. The van der Waals surface area contributed by atoms with Crippen molar-refractivity contribution < 1.29 is 4.79 Å². The van der Waals surface area contributed by atoms with E-state index in [1.54, 1.807) is 17.8 Å². The highest BCUT2D eigenvalue weighted by atomic mass is 32.2. The van der Waals surface area contributed by atoms with Crippen LogP contribution in [0, 0.1) is 0 Å². The molecule has 0 atom stereocenters. The largest absolute Gasteiger partial charge is 0.397 e. The van der Waals surface area contributed by atoms with Gasteiger partial charge in [-0.15, -0.1) is 0 Å². The minimum absolute atomic E-state index is 0.0188. The van der Waals surface area contributed by atoms with Gasteiger partial charge in [0.1, 0.15) is 0 Å². The highest BCUT2D eigenvalue weighted by Gasteiger charge is 2.04. The van der Waals surface area contributed by atoms with Gasteiger partial charge in [-0.1, -0.05) is 12.1 Å². The molecule has 0 aromatic heterocycles. The van der Waals surface area contributed by atoms with Crippen LogP contribution >= 0.6 is 11.8 Å². The number of hydrogen-bond acceptors (Lipinski definition) is 4. The van der Waals surface area contributed by atoms with Crippen LogP contribution in [-0.2, 0) is 4.79 Å². The van der Waals surface area contributed by atoms with Gasteiger partial charge >= 0.3 is 0 Å². The molecule has 0 aliphatic rings. The molecule has 0 heterocycles.